The summed E-state index contributed by atoms with van der Waals surface area (Å²) >= 11 is 0. The molecule has 0 amide bonds. The van der Waals surface area contributed by atoms with E-state index in [1.807, 2.05) is 0 Å². The quantitative estimate of drug-likeness (QED) is 0.104. The first kappa shape index (κ1) is 42.7. The molecule has 0 spiro atoms. The number of aliphatic hydroxyl groups is 1. The van der Waals surface area contributed by atoms with Crippen LogP contribution in [-0.4, -0.2) is 96.1 Å². The molecule has 0 aromatic heterocycles. The van der Waals surface area contributed by atoms with E-state index in [9.17, 15) is 48.9 Å². The highest BCUT2D eigenvalue weighted by Crippen LogP contribution is 2.74. The molecule has 6 saturated carbocycles. The zero-order valence-electron chi connectivity index (χ0n) is 34.9. The molecular weight excluding hydrogens is 796 g/mol. The van der Waals surface area contributed by atoms with Crippen LogP contribution in [0.4, 0.5) is 0 Å². The molecule has 61 heavy (non-hydrogen) atoms. The minimum atomic E-state index is -1.28. The van der Waals surface area contributed by atoms with Gasteiger partial charge in [-0.15, -0.1) is 0 Å². The summed E-state index contributed by atoms with van der Waals surface area (Å²) in [6.45, 7) is 4.52. The van der Waals surface area contributed by atoms with Crippen LogP contribution in [0.15, 0.2) is 0 Å². The van der Waals surface area contributed by atoms with Gasteiger partial charge in [-0.2, -0.15) is 0 Å². The van der Waals surface area contributed by atoms with Gasteiger partial charge in [-0.1, -0.05) is 13.8 Å². The van der Waals surface area contributed by atoms with Gasteiger partial charge in [0.25, 0.3) is 0 Å². The van der Waals surface area contributed by atoms with Gasteiger partial charge in [-0.05, 0) is 122 Å². The van der Waals surface area contributed by atoms with Crippen molar-refractivity contribution in [3.8, 4) is 0 Å². The highest BCUT2D eigenvalue weighted by atomic mass is 16.7. The topological polar surface area (TPSA) is 236 Å². The van der Waals surface area contributed by atoms with E-state index in [4.69, 9.17) is 28.4 Å². The SMILES string of the molecule is CC1C(=O)OC(=O)C1C1C2CC(C(C(=O)O)C2C(=O)O)C1C1C2CC(CC2C(=O)OCCCO)C1C1C(C)C2CC1C(C(=O)OC1CCCCO1)C2C(=O)OC1CCCCO1. The molecule has 9 fully saturated rings. The van der Waals surface area contributed by atoms with Crippen molar-refractivity contribution in [2.45, 2.75) is 97.1 Å². The number of esters is 5. The van der Waals surface area contributed by atoms with Crippen LogP contribution in [0.1, 0.15) is 84.5 Å². The summed E-state index contributed by atoms with van der Waals surface area (Å²) in [5.74, 6) is -16.4. The Hall–Kier alpha value is -3.63. The lowest BCUT2D eigenvalue weighted by Crippen LogP contribution is -2.54. The molecule has 21 unspecified atom stereocenters. The van der Waals surface area contributed by atoms with E-state index in [1.165, 1.54) is 0 Å². The Kier molecular flexibility index (Phi) is 11.8. The number of hydrogen-bond donors (Lipinski definition) is 3. The molecule has 336 valence electrons. The lowest BCUT2D eigenvalue weighted by molar-refractivity contribution is -0.207. The maximum Gasteiger partial charge on any atom is 0.317 e. The van der Waals surface area contributed by atoms with Crippen LogP contribution in [0.2, 0.25) is 0 Å². The Morgan fingerprint density at radius 3 is 1.72 bits per heavy atom. The molecule has 16 nitrogen and oxygen atoms in total. The predicted octanol–water partition coefficient (Wildman–Crippen LogP) is 3.69. The standard InChI is InChI=1S/C45H60O16/c1-18-21-16-24(38(45(55)60-28-9-4-6-12-57-28)37(21)44(54)59-27-8-3-5-11-56-27)29(18)31-20-14-22(23(15-20)42(52)58-13-7-10-46)32(31)34-26-17-25(35(39(47)48)36(26)40(49)50)33(34)30-19(2)41(51)61-43(30)53/h18-38,46H,3-17H2,1-2H3,(H,47,48)(H,49,50). The molecule has 3 N–H and O–H groups in total. The van der Waals surface area contributed by atoms with Crippen molar-refractivity contribution >= 4 is 41.8 Å². The van der Waals surface area contributed by atoms with Gasteiger partial charge in [0, 0.05) is 25.9 Å². The summed E-state index contributed by atoms with van der Waals surface area (Å²) in [6, 6.07) is 0. The fourth-order valence-corrected chi connectivity index (χ4v) is 15.6. The Balaban J connectivity index is 1.11. The number of carboxylic acids is 2. The third-order valence-corrected chi connectivity index (χ3v) is 17.5. The van der Waals surface area contributed by atoms with Crippen LogP contribution in [0.5, 0.6) is 0 Å². The van der Waals surface area contributed by atoms with E-state index in [0.717, 1.165) is 25.7 Å². The maximum atomic E-state index is 14.6. The van der Waals surface area contributed by atoms with Gasteiger partial charge >= 0.3 is 41.8 Å². The fraction of sp³-hybridized carbons (Fsp3) is 0.844. The lowest BCUT2D eigenvalue weighted by Gasteiger charge is -2.52. The lowest BCUT2D eigenvalue weighted by atomic mass is 9.51. The summed E-state index contributed by atoms with van der Waals surface area (Å²) < 4.78 is 34.6. The number of carbonyl (C=O) groups excluding carboxylic acids is 5. The summed E-state index contributed by atoms with van der Waals surface area (Å²) in [6.07, 6.45) is 5.23. The Morgan fingerprint density at radius 2 is 1.18 bits per heavy atom. The highest BCUT2D eigenvalue weighted by molar-refractivity contribution is 5.96. The summed E-state index contributed by atoms with van der Waals surface area (Å²) in [4.78, 5) is 95.6. The van der Waals surface area contributed by atoms with E-state index >= 15 is 0 Å². The van der Waals surface area contributed by atoms with Crippen LogP contribution in [0.25, 0.3) is 0 Å². The molecule has 16 heteroatoms. The Labute approximate surface area is 354 Å². The average molecular weight is 857 g/mol. The van der Waals surface area contributed by atoms with Crippen LogP contribution in [0.3, 0.4) is 0 Å². The van der Waals surface area contributed by atoms with Gasteiger partial charge in [-0.3, -0.25) is 33.6 Å². The zero-order valence-corrected chi connectivity index (χ0v) is 34.9. The summed E-state index contributed by atoms with van der Waals surface area (Å²) in [5, 5.41) is 30.7. The van der Waals surface area contributed by atoms with E-state index in [0.29, 0.717) is 45.3 Å². The van der Waals surface area contributed by atoms with Crippen molar-refractivity contribution in [1.29, 1.82) is 0 Å². The maximum absolute atomic E-state index is 14.6. The number of cyclic esters (lactones) is 2. The highest BCUT2D eigenvalue weighted by Gasteiger charge is 2.74. The van der Waals surface area contributed by atoms with E-state index in [1.54, 1.807) is 6.92 Å². The number of rotatable bonds is 13. The van der Waals surface area contributed by atoms with Crippen LogP contribution in [-0.2, 0) is 62.0 Å². The third-order valence-electron chi connectivity index (χ3n) is 17.5. The Bertz CT molecular complexity index is 1770. The third kappa shape index (κ3) is 7.08. The summed E-state index contributed by atoms with van der Waals surface area (Å²) in [5.41, 5.74) is 0. The molecule has 0 radical (unpaired) electrons. The molecule has 9 aliphatic rings. The normalized spacial score (nSPS) is 47.0. The predicted molar refractivity (Wildman–Crippen MR) is 205 cm³/mol. The number of aliphatic carboxylic acids is 2. The smallest absolute Gasteiger partial charge is 0.317 e. The number of fused-ring (bicyclic) bond motifs is 6. The number of carbonyl (C=O) groups is 7. The molecule has 6 aliphatic carbocycles. The van der Waals surface area contributed by atoms with Crippen molar-refractivity contribution in [1.82, 2.24) is 0 Å². The van der Waals surface area contributed by atoms with Crippen molar-refractivity contribution < 1.29 is 77.3 Å². The van der Waals surface area contributed by atoms with Gasteiger partial charge < -0.3 is 43.7 Å². The second-order valence-corrected chi connectivity index (χ2v) is 19.9. The first-order valence-electron chi connectivity index (χ1n) is 22.9. The molecular formula is C45H60O16. The first-order chi connectivity index (χ1) is 29.3. The van der Waals surface area contributed by atoms with Crippen LogP contribution < -0.4 is 0 Å². The molecule has 0 aromatic carbocycles. The van der Waals surface area contributed by atoms with Crippen molar-refractivity contribution in [2.24, 2.45) is 112 Å². The average Bonchev–Trinajstić information content (AvgIpc) is 4.11. The van der Waals surface area contributed by atoms with Gasteiger partial charge in [0.05, 0.1) is 61.2 Å². The van der Waals surface area contributed by atoms with Gasteiger partial charge in [0.2, 0.25) is 12.6 Å². The molecule has 9 rings (SSSR count). The summed E-state index contributed by atoms with van der Waals surface area (Å²) in [7, 11) is 0. The van der Waals surface area contributed by atoms with Crippen LogP contribution in [0, 0.1) is 112 Å². The van der Waals surface area contributed by atoms with Gasteiger partial charge in [0.15, 0.2) is 0 Å². The minimum Gasteiger partial charge on any atom is -0.481 e. The zero-order chi connectivity index (χ0) is 43.0. The number of carboxylic acid groups (broad SMARTS) is 2. The molecule has 3 aliphatic heterocycles. The second kappa shape index (κ2) is 16.8. The number of ether oxygens (including phenoxy) is 6. The van der Waals surface area contributed by atoms with E-state index < -0.39 is 125 Å². The number of aliphatic hydroxyl groups excluding tert-OH is 1. The molecule has 0 aromatic rings. The Morgan fingerprint density at radius 1 is 0.623 bits per heavy atom. The second-order valence-electron chi connectivity index (χ2n) is 19.9. The molecule has 21 atom stereocenters. The van der Waals surface area contributed by atoms with Crippen molar-refractivity contribution in [3.05, 3.63) is 0 Å². The van der Waals surface area contributed by atoms with Gasteiger partial charge in [0.1, 0.15) is 0 Å². The minimum absolute atomic E-state index is 0.0320. The number of hydrogen-bond acceptors (Lipinski definition) is 14. The molecule has 3 saturated heterocycles. The fourth-order valence-electron chi connectivity index (χ4n) is 15.6. The monoisotopic (exact) mass is 856 g/mol. The van der Waals surface area contributed by atoms with E-state index in [2.05, 4.69) is 6.92 Å². The van der Waals surface area contributed by atoms with E-state index in [-0.39, 0.29) is 67.5 Å². The first-order valence-corrected chi connectivity index (χ1v) is 22.9. The van der Waals surface area contributed by atoms with Crippen LogP contribution >= 0.6 is 0 Å². The van der Waals surface area contributed by atoms with Crippen molar-refractivity contribution in [2.75, 3.05) is 26.4 Å². The molecule has 6 bridgehead atoms. The van der Waals surface area contributed by atoms with Gasteiger partial charge in [-0.25, -0.2) is 0 Å². The van der Waals surface area contributed by atoms with Crippen molar-refractivity contribution in [3.63, 3.8) is 0 Å². The molecule has 3 heterocycles. The largest absolute Gasteiger partial charge is 0.481 e.